The zero-order valence-electron chi connectivity index (χ0n) is 43.5. The Morgan fingerprint density at radius 2 is 0.829 bits per heavy atom. The van der Waals surface area contributed by atoms with Gasteiger partial charge in [-0.1, -0.05) is 221 Å². The van der Waals surface area contributed by atoms with Crippen LogP contribution in [0.15, 0.2) is 85.1 Å². The molecule has 1 rings (SSSR count). The summed E-state index contributed by atoms with van der Waals surface area (Å²) in [6, 6.07) is 0. The van der Waals surface area contributed by atoms with Gasteiger partial charge in [0.2, 0.25) is 0 Å². The van der Waals surface area contributed by atoms with Gasteiger partial charge in [-0.05, 0) is 64.2 Å². The highest BCUT2D eigenvalue weighted by molar-refractivity contribution is 7.47. The average molecular weight is 1010 g/mol. The third-order valence-electron chi connectivity index (χ3n) is 12.3. The molecule has 1 saturated carbocycles. The van der Waals surface area contributed by atoms with Gasteiger partial charge in [-0.3, -0.25) is 13.8 Å². The molecule has 0 aromatic carbocycles. The van der Waals surface area contributed by atoms with Gasteiger partial charge >= 0.3 is 13.8 Å². The number of esters is 1. The first-order chi connectivity index (χ1) is 34.0. The molecule has 0 amide bonds. The van der Waals surface area contributed by atoms with E-state index in [1.807, 2.05) is 12.2 Å². The lowest BCUT2D eigenvalue weighted by molar-refractivity contribution is -0.220. The second-order valence-electron chi connectivity index (χ2n) is 18.7. The Balaban J connectivity index is 2.37. The van der Waals surface area contributed by atoms with Crippen molar-refractivity contribution in [1.82, 2.24) is 0 Å². The fourth-order valence-corrected chi connectivity index (χ4v) is 8.97. The van der Waals surface area contributed by atoms with Crippen molar-refractivity contribution < 1.29 is 58.3 Å². The Bertz CT molecular complexity index is 1480. The zero-order valence-corrected chi connectivity index (χ0v) is 44.4. The summed E-state index contributed by atoms with van der Waals surface area (Å²) in [7, 11) is -5.05. The summed E-state index contributed by atoms with van der Waals surface area (Å²) in [6.45, 7) is 4.11. The molecule has 70 heavy (non-hydrogen) atoms. The van der Waals surface area contributed by atoms with Crippen molar-refractivity contribution in [3.8, 4) is 0 Å². The number of allylic oxidation sites excluding steroid dienone is 14. The van der Waals surface area contributed by atoms with E-state index in [0.717, 1.165) is 64.2 Å². The van der Waals surface area contributed by atoms with Crippen molar-refractivity contribution in [1.29, 1.82) is 0 Å². The second kappa shape index (κ2) is 46.3. The maximum Gasteiger partial charge on any atom is 0.472 e. The lowest BCUT2D eigenvalue weighted by atomic mass is 9.85. The smallest absolute Gasteiger partial charge is 0.457 e. The van der Waals surface area contributed by atoms with Gasteiger partial charge in [0, 0.05) is 13.0 Å². The predicted octanol–water partition coefficient (Wildman–Crippen LogP) is 12.9. The lowest BCUT2D eigenvalue weighted by Gasteiger charge is -2.41. The van der Waals surface area contributed by atoms with Crippen LogP contribution >= 0.6 is 7.82 Å². The second-order valence-corrected chi connectivity index (χ2v) is 20.1. The quantitative estimate of drug-likeness (QED) is 0.0147. The molecule has 1 fully saturated rings. The van der Waals surface area contributed by atoms with E-state index >= 15 is 0 Å². The molecule has 1 aliphatic rings. The first kappa shape index (κ1) is 65.5. The first-order valence-corrected chi connectivity index (χ1v) is 28.9. The molecule has 0 bridgehead atoms. The predicted molar refractivity (Wildman–Crippen MR) is 285 cm³/mol. The molecular formula is C57H99O12P. The SMILES string of the molecule is CC/C=C\C/C=C\C/C=C\C/C=C\C/C=C\C/C=C\C/C=C\CCCC(=O)OC(COCCCCCCCCCCCCCCCCCCCCCC)COP(=O)(O)OC1C(O)C(O)C(O)C(O)C1O. The molecule has 6 atom stereocenters. The first-order valence-electron chi connectivity index (χ1n) is 27.4. The molecule has 6 N–H and O–H groups in total. The molecule has 0 aliphatic heterocycles. The Morgan fingerprint density at radius 3 is 1.23 bits per heavy atom. The molecular weight excluding hydrogens is 908 g/mol. The third kappa shape index (κ3) is 37.3. The maximum absolute atomic E-state index is 12.9. The Labute approximate surface area is 424 Å². The van der Waals surface area contributed by atoms with Crippen LogP contribution in [0.4, 0.5) is 0 Å². The van der Waals surface area contributed by atoms with Gasteiger partial charge in [0.05, 0.1) is 13.2 Å². The highest BCUT2D eigenvalue weighted by Gasteiger charge is 2.51. The van der Waals surface area contributed by atoms with Crippen molar-refractivity contribution in [2.75, 3.05) is 19.8 Å². The minimum Gasteiger partial charge on any atom is -0.457 e. The topological polar surface area (TPSA) is 192 Å². The number of rotatable bonds is 46. The van der Waals surface area contributed by atoms with Crippen molar-refractivity contribution in [2.24, 2.45) is 0 Å². The number of hydrogen-bond acceptors (Lipinski definition) is 11. The van der Waals surface area contributed by atoms with Crippen LogP contribution in [0, 0.1) is 0 Å². The van der Waals surface area contributed by atoms with E-state index in [0.29, 0.717) is 19.4 Å². The van der Waals surface area contributed by atoms with Crippen molar-refractivity contribution in [2.45, 2.75) is 249 Å². The van der Waals surface area contributed by atoms with E-state index in [4.69, 9.17) is 18.5 Å². The summed E-state index contributed by atoms with van der Waals surface area (Å²) in [5.41, 5.74) is 0. The van der Waals surface area contributed by atoms with Crippen molar-refractivity contribution >= 4 is 13.8 Å². The van der Waals surface area contributed by atoms with Crippen molar-refractivity contribution in [3.63, 3.8) is 0 Å². The van der Waals surface area contributed by atoms with Crippen LogP contribution in [0.5, 0.6) is 0 Å². The van der Waals surface area contributed by atoms with E-state index in [9.17, 15) is 39.8 Å². The van der Waals surface area contributed by atoms with Gasteiger partial charge in [0.15, 0.2) is 0 Å². The highest BCUT2D eigenvalue weighted by atomic mass is 31.2. The van der Waals surface area contributed by atoms with Gasteiger partial charge < -0.3 is 39.9 Å². The Kier molecular flexibility index (Phi) is 43.4. The zero-order chi connectivity index (χ0) is 51.2. The average Bonchev–Trinajstić information content (AvgIpc) is 3.35. The van der Waals surface area contributed by atoms with Gasteiger partial charge in [-0.15, -0.1) is 0 Å². The minimum absolute atomic E-state index is 0.102. The number of unbranched alkanes of at least 4 members (excludes halogenated alkanes) is 20. The molecule has 0 heterocycles. The molecule has 13 heteroatoms. The molecule has 0 radical (unpaired) electrons. The molecule has 0 aromatic rings. The lowest BCUT2D eigenvalue weighted by Crippen LogP contribution is -2.64. The van der Waals surface area contributed by atoms with Gasteiger partial charge in [-0.25, -0.2) is 4.57 Å². The van der Waals surface area contributed by atoms with E-state index in [-0.39, 0.29) is 13.0 Å². The van der Waals surface area contributed by atoms with Crippen LogP contribution in [0.25, 0.3) is 0 Å². The summed E-state index contributed by atoms with van der Waals surface area (Å²) in [5.74, 6) is -0.534. The van der Waals surface area contributed by atoms with Crippen LogP contribution in [0.2, 0.25) is 0 Å². The number of ether oxygens (including phenoxy) is 2. The van der Waals surface area contributed by atoms with E-state index in [1.54, 1.807) is 0 Å². The number of hydrogen-bond donors (Lipinski definition) is 6. The van der Waals surface area contributed by atoms with E-state index < -0.39 is 63.1 Å². The van der Waals surface area contributed by atoms with Crippen LogP contribution in [0.3, 0.4) is 0 Å². The number of aliphatic hydroxyl groups excluding tert-OH is 5. The Hall–Kier alpha value is -2.48. The molecule has 0 spiro atoms. The molecule has 1 aliphatic carbocycles. The molecule has 404 valence electrons. The molecule has 0 saturated heterocycles. The monoisotopic (exact) mass is 1010 g/mol. The van der Waals surface area contributed by atoms with E-state index in [1.165, 1.54) is 109 Å². The van der Waals surface area contributed by atoms with Crippen molar-refractivity contribution in [3.05, 3.63) is 85.1 Å². The van der Waals surface area contributed by atoms with Crippen LogP contribution in [-0.4, -0.2) is 98.9 Å². The maximum atomic E-state index is 12.9. The summed E-state index contributed by atoms with van der Waals surface area (Å²) < 4.78 is 34.3. The molecule has 6 unspecified atom stereocenters. The Morgan fingerprint density at radius 1 is 0.471 bits per heavy atom. The number of aliphatic hydroxyl groups is 5. The van der Waals surface area contributed by atoms with Gasteiger partial charge in [0.25, 0.3) is 0 Å². The standard InChI is InChI=1S/C57H99O12P/c1-3-5-7-9-11-13-15-17-19-21-23-25-26-27-28-30-32-34-36-38-40-42-44-46-51(58)68-50(49-67-70(64,65)69-57-55(62)53(60)52(59)54(61)56(57)63)48-66-47-45-43-41-39-37-35-33-31-29-24-22-20-18-16-14-12-10-8-6-4-2/h5,7,11,13,17,19,23,25,27-28,32,34,38,40,50,52-57,59-63H,3-4,6,8-10,12,14-16,18,20-22,24,26,29-31,33,35-37,39,41-49H2,1-2H3,(H,64,65)/b7-5-,13-11-,19-17-,25-23-,28-27-,34-32-,40-38-. The number of phosphoric acid groups is 1. The molecule has 12 nitrogen and oxygen atoms in total. The largest absolute Gasteiger partial charge is 0.472 e. The summed E-state index contributed by atoms with van der Waals surface area (Å²) >= 11 is 0. The number of carbonyl (C=O) groups excluding carboxylic acids is 1. The fourth-order valence-electron chi connectivity index (χ4n) is 7.99. The normalized spacial score (nSPS) is 21.5. The van der Waals surface area contributed by atoms with Gasteiger partial charge in [0.1, 0.15) is 42.7 Å². The summed E-state index contributed by atoms with van der Waals surface area (Å²) in [6.07, 6.45) is 50.8. The third-order valence-corrected chi connectivity index (χ3v) is 13.3. The fraction of sp³-hybridized carbons (Fsp3) is 0.737. The molecule has 0 aromatic heterocycles. The number of phosphoric ester groups is 1. The van der Waals surface area contributed by atoms with Crippen LogP contribution < -0.4 is 0 Å². The van der Waals surface area contributed by atoms with Crippen LogP contribution in [-0.2, 0) is 27.9 Å². The number of carbonyl (C=O) groups is 1. The minimum atomic E-state index is -5.05. The summed E-state index contributed by atoms with van der Waals surface area (Å²) in [5, 5.41) is 50.4. The summed E-state index contributed by atoms with van der Waals surface area (Å²) in [4.78, 5) is 23.3. The van der Waals surface area contributed by atoms with E-state index in [2.05, 4.69) is 86.8 Å². The van der Waals surface area contributed by atoms with Gasteiger partial charge in [-0.2, -0.15) is 0 Å². The highest BCUT2D eigenvalue weighted by Crippen LogP contribution is 2.47. The van der Waals surface area contributed by atoms with Crippen LogP contribution in [0.1, 0.15) is 206 Å².